The molecule has 1 saturated heterocycles. The maximum atomic E-state index is 9.39. The summed E-state index contributed by atoms with van der Waals surface area (Å²) in [5.41, 5.74) is 2.19. The van der Waals surface area contributed by atoms with E-state index >= 15 is 0 Å². The molecule has 4 heteroatoms. The van der Waals surface area contributed by atoms with E-state index in [-0.39, 0.29) is 18.1 Å². The van der Waals surface area contributed by atoms with Crippen LogP contribution >= 0.6 is 10.0 Å². The van der Waals surface area contributed by atoms with E-state index in [1.54, 1.807) is 0 Å². The minimum atomic E-state index is -1.00. The number of hydrogen-bond acceptors (Lipinski definition) is 3. The molecule has 2 atom stereocenters. The van der Waals surface area contributed by atoms with Gasteiger partial charge in [0.25, 0.3) is 0 Å². The Morgan fingerprint density at radius 1 is 1.04 bits per heavy atom. The highest BCUT2D eigenvalue weighted by Crippen LogP contribution is 2.65. The fourth-order valence-corrected chi connectivity index (χ4v) is 10.1. The Hall–Kier alpha value is -0.550. The highest BCUT2D eigenvalue weighted by Gasteiger charge is 2.45. The summed E-state index contributed by atoms with van der Waals surface area (Å²) in [6.45, 7) is 15.4. The molecule has 3 nitrogen and oxygen atoms in total. The summed E-state index contributed by atoms with van der Waals surface area (Å²) < 4.78 is 12.7. The summed E-state index contributed by atoms with van der Waals surface area (Å²) >= 11 is 0. The summed E-state index contributed by atoms with van der Waals surface area (Å²) in [6, 6.07) is 8.04. The van der Waals surface area contributed by atoms with Crippen LogP contribution in [0.5, 0.6) is 0 Å². The molecule has 1 aromatic carbocycles. The molecule has 24 heavy (non-hydrogen) atoms. The fraction of sp³-hybridized carbons (Fsp3) is 0.700. The summed E-state index contributed by atoms with van der Waals surface area (Å²) in [5, 5.41) is 11.2. The third kappa shape index (κ3) is 3.67. The van der Waals surface area contributed by atoms with E-state index in [1.165, 1.54) is 0 Å². The molecule has 1 aliphatic rings. The van der Waals surface area contributed by atoms with Gasteiger partial charge in [-0.1, -0.05) is 65.8 Å². The van der Waals surface area contributed by atoms with Crippen LogP contribution in [-0.4, -0.2) is 39.5 Å². The molecule has 0 amide bonds. The first-order valence-electron chi connectivity index (χ1n) is 9.05. The highest BCUT2D eigenvalue weighted by molar-refractivity contribution is 8.35. The van der Waals surface area contributed by atoms with Crippen molar-refractivity contribution in [2.75, 3.05) is 13.2 Å². The van der Waals surface area contributed by atoms with Crippen molar-refractivity contribution in [3.05, 3.63) is 35.4 Å². The average Bonchev–Trinajstić information content (AvgIpc) is 2.54. The first kappa shape index (κ1) is 19.8. The van der Waals surface area contributed by atoms with Gasteiger partial charge in [-0.3, -0.25) is 0 Å². The monoisotopic (exact) mass is 354 g/mol. The first-order valence-corrected chi connectivity index (χ1v) is 10.9. The van der Waals surface area contributed by atoms with Gasteiger partial charge in [0.2, 0.25) is 0 Å². The van der Waals surface area contributed by atoms with E-state index in [4.69, 9.17) is 9.47 Å². The largest absolute Gasteiger partial charge is 0.392 e. The van der Waals surface area contributed by atoms with Gasteiger partial charge >= 0.3 is 0 Å². The van der Waals surface area contributed by atoms with Gasteiger partial charge in [-0.2, -0.15) is 0 Å². The molecule has 2 rings (SSSR count). The van der Waals surface area contributed by atoms with E-state index in [1.807, 2.05) is 18.2 Å². The molecular weight excluding hydrogens is 320 g/mol. The van der Waals surface area contributed by atoms with Gasteiger partial charge < -0.3 is 14.6 Å². The van der Waals surface area contributed by atoms with Crippen LogP contribution in [0.25, 0.3) is 0 Å². The van der Waals surface area contributed by atoms with Gasteiger partial charge in [-0.05, 0) is 26.9 Å². The van der Waals surface area contributed by atoms with E-state index < -0.39 is 10.0 Å². The lowest BCUT2D eigenvalue weighted by atomic mass is 10.1. The summed E-state index contributed by atoms with van der Waals surface area (Å²) in [6.07, 6.45) is -0.0432. The van der Waals surface area contributed by atoms with Gasteiger partial charge in [0.15, 0.2) is 0 Å². The lowest BCUT2D eigenvalue weighted by Gasteiger charge is -2.57. The lowest BCUT2D eigenvalue weighted by Crippen LogP contribution is -2.44. The van der Waals surface area contributed by atoms with Gasteiger partial charge in [0.05, 0.1) is 19.8 Å². The van der Waals surface area contributed by atoms with Crippen LogP contribution in [0.3, 0.4) is 0 Å². The zero-order valence-electron chi connectivity index (χ0n) is 16.0. The topological polar surface area (TPSA) is 38.7 Å². The zero-order chi connectivity index (χ0) is 17.9. The second kappa shape index (κ2) is 8.22. The van der Waals surface area contributed by atoms with Gasteiger partial charge in [-0.25, -0.2) is 10.0 Å². The molecule has 1 N–H and O–H groups in total. The Bertz CT molecular complexity index is 506. The Balaban J connectivity index is 2.30. The standard InChI is InChI=1S/C20H34O3S/c1-14(2)24(15(3)4,16(5)6)20-13-22-12-19(23-20)18-9-7-8-17(10-18)11-21/h7-10,14-16,19-21H,11-13H2,1-6H3. The predicted octanol–water partition coefficient (Wildman–Crippen LogP) is 4.62. The SMILES string of the molecule is CC(C)S(C(C)C)(C(C)C)C1COCC(c2cccc(CO)c2)O1. The molecule has 0 radical (unpaired) electrons. The van der Waals surface area contributed by atoms with Gasteiger partial charge in [-0.15, -0.1) is 0 Å². The first-order chi connectivity index (χ1) is 11.3. The van der Waals surface area contributed by atoms with Crippen molar-refractivity contribution < 1.29 is 14.6 Å². The number of aliphatic hydroxyl groups is 1. The van der Waals surface area contributed by atoms with Crippen molar-refractivity contribution in [2.45, 2.75) is 75.4 Å². The zero-order valence-corrected chi connectivity index (χ0v) is 16.8. The molecule has 0 bridgehead atoms. The minimum Gasteiger partial charge on any atom is -0.392 e. The van der Waals surface area contributed by atoms with Crippen LogP contribution < -0.4 is 0 Å². The van der Waals surface area contributed by atoms with E-state index in [9.17, 15) is 5.11 Å². The van der Waals surface area contributed by atoms with E-state index in [2.05, 4.69) is 47.6 Å². The molecule has 0 aliphatic carbocycles. The molecular formula is C20H34O3S. The van der Waals surface area contributed by atoms with Crippen LogP contribution in [0.1, 0.15) is 58.8 Å². The van der Waals surface area contributed by atoms with Gasteiger partial charge in [0, 0.05) is 0 Å². The molecule has 1 aliphatic heterocycles. The molecule has 1 heterocycles. The maximum Gasteiger partial charge on any atom is 0.113 e. The average molecular weight is 355 g/mol. The molecule has 0 spiro atoms. The third-order valence-electron chi connectivity index (χ3n) is 5.25. The van der Waals surface area contributed by atoms with Crippen LogP contribution in [-0.2, 0) is 16.1 Å². The van der Waals surface area contributed by atoms with E-state index in [0.29, 0.717) is 29.0 Å². The fourth-order valence-electron chi connectivity index (χ4n) is 4.36. The lowest BCUT2D eigenvalue weighted by molar-refractivity contribution is -0.108. The number of hydrogen-bond donors (Lipinski definition) is 1. The normalized spacial score (nSPS) is 23.2. The third-order valence-corrected chi connectivity index (χ3v) is 11.3. The Morgan fingerprint density at radius 3 is 2.21 bits per heavy atom. The summed E-state index contributed by atoms with van der Waals surface area (Å²) in [4.78, 5) is 0. The smallest absolute Gasteiger partial charge is 0.113 e. The summed E-state index contributed by atoms with van der Waals surface area (Å²) in [7, 11) is -1.00. The molecule has 1 fully saturated rings. The second-order valence-corrected chi connectivity index (χ2v) is 12.4. The number of ether oxygens (including phenoxy) is 2. The van der Waals surface area contributed by atoms with Crippen molar-refractivity contribution in [3.8, 4) is 0 Å². The Morgan fingerprint density at radius 2 is 1.67 bits per heavy atom. The number of benzene rings is 1. The van der Waals surface area contributed by atoms with Crippen LogP contribution in [0, 0.1) is 0 Å². The number of aliphatic hydroxyl groups excluding tert-OH is 1. The molecule has 138 valence electrons. The van der Waals surface area contributed by atoms with Crippen molar-refractivity contribution in [2.24, 2.45) is 0 Å². The van der Waals surface area contributed by atoms with Crippen molar-refractivity contribution in [1.29, 1.82) is 0 Å². The van der Waals surface area contributed by atoms with Crippen molar-refractivity contribution in [3.63, 3.8) is 0 Å². The number of rotatable bonds is 6. The van der Waals surface area contributed by atoms with Gasteiger partial charge in [0.1, 0.15) is 11.5 Å². The molecule has 0 aromatic heterocycles. The maximum absolute atomic E-state index is 9.39. The molecule has 2 unspecified atom stereocenters. The van der Waals surface area contributed by atoms with Crippen molar-refractivity contribution in [1.82, 2.24) is 0 Å². The van der Waals surface area contributed by atoms with Crippen LogP contribution in [0.15, 0.2) is 24.3 Å². The van der Waals surface area contributed by atoms with Crippen molar-refractivity contribution >= 4 is 10.0 Å². The minimum absolute atomic E-state index is 0.0432. The summed E-state index contributed by atoms with van der Waals surface area (Å²) in [5.74, 6) is 0. The van der Waals surface area contributed by atoms with Crippen LogP contribution in [0.2, 0.25) is 0 Å². The Kier molecular flexibility index (Phi) is 6.77. The molecule has 1 aromatic rings. The quantitative estimate of drug-likeness (QED) is 0.810. The second-order valence-electron chi connectivity index (χ2n) is 7.46. The van der Waals surface area contributed by atoms with E-state index in [0.717, 1.165) is 11.1 Å². The highest BCUT2D eigenvalue weighted by atomic mass is 32.3. The van der Waals surface area contributed by atoms with Crippen LogP contribution in [0.4, 0.5) is 0 Å². The predicted molar refractivity (Wildman–Crippen MR) is 104 cm³/mol. The Labute approximate surface area is 149 Å². The molecule has 0 saturated carbocycles.